The second-order valence-electron chi connectivity index (χ2n) is 6.18. The molecule has 0 bridgehead atoms. The molecule has 0 amide bonds. The van der Waals surface area contributed by atoms with Crippen molar-refractivity contribution >= 4 is 9.84 Å². The first-order valence-corrected chi connectivity index (χ1v) is 9.25. The van der Waals surface area contributed by atoms with Crippen molar-refractivity contribution in [3.8, 4) is 0 Å². The molecule has 6 heteroatoms. The Kier molecular flexibility index (Phi) is 4.46. The van der Waals surface area contributed by atoms with E-state index in [-0.39, 0.29) is 24.0 Å². The highest BCUT2D eigenvalue weighted by molar-refractivity contribution is 7.92. The third-order valence-electron chi connectivity index (χ3n) is 4.79. The molecular weight excluding hydrogens is 329 g/mol. The molecule has 0 saturated heterocycles. The summed E-state index contributed by atoms with van der Waals surface area (Å²) in [6, 6.07) is 14.3. The molecule has 0 aliphatic heterocycles. The Morgan fingerprint density at radius 3 is 2.46 bits per heavy atom. The zero-order valence-corrected chi connectivity index (χ0v) is 14.2. The van der Waals surface area contributed by atoms with Crippen LogP contribution in [0.3, 0.4) is 0 Å². The van der Waals surface area contributed by atoms with E-state index in [1.165, 1.54) is 19.2 Å². The molecule has 0 unspecified atom stereocenters. The lowest BCUT2D eigenvalue weighted by Crippen LogP contribution is -2.28. The Morgan fingerprint density at radius 2 is 1.88 bits per heavy atom. The first-order chi connectivity index (χ1) is 11.5. The number of halogens is 1. The third-order valence-corrected chi connectivity index (χ3v) is 7.13. The van der Waals surface area contributed by atoms with Crippen molar-refractivity contribution < 1.29 is 17.5 Å². The highest BCUT2D eigenvalue weighted by Crippen LogP contribution is 2.63. The summed E-state index contributed by atoms with van der Waals surface area (Å²) in [7, 11) is -2.08. The summed E-state index contributed by atoms with van der Waals surface area (Å²) in [6.07, 6.45) is 0. The zero-order valence-electron chi connectivity index (χ0n) is 13.4. The lowest BCUT2D eigenvalue weighted by Gasteiger charge is -2.14. The standard InChI is InChI=1S/C18H20FNO3S/c1-23-12-18(11-20)16(13-6-5-7-14(19)10-13)17(18)24(21,22)15-8-3-2-4-9-15/h2-10,16-17H,11-12,20H2,1H3/t16-,17+,18+/m0/s1. The number of hydrogen-bond donors (Lipinski definition) is 1. The smallest absolute Gasteiger partial charge is 0.182 e. The Bertz CT molecular complexity index is 825. The molecule has 2 N–H and O–H groups in total. The minimum atomic E-state index is -3.60. The van der Waals surface area contributed by atoms with Crippen LogP contribution in [-0.2, 0) is 14.6 Å². The molecule has 0 heterocycles. The van der Waals surface area contributed by atoms with Crippen LogP contribution in [0.2, 0.25) is 0 Å². The normalized spacial score (nSPS) is 26.3. The summed E-state index contributed by atoms with van der Waals surface area (Å²) in [5.41, 5.74) is 5.85. The molecule has 0 radical (unpaired) electrons. The number of rotatable bonds is 6. The van der Waals surface area contributed by atoms with Gasteiger partial charge in [-0.2, -0.15) is 0 Å². The Morgan fingerprint density at radius 1 is 1.17 bits per heavy atom. The van der Waals surface area contributed by atoms with Gasteiger partial charge in [-0.1, -0.05) is 30.3 Å². The molecule has 1 fully saturated rings. The summed E-state index contributed by atoms with van der Waals surface area (Å²) in [5, 5.41) is -0.723. The van der Waals surface area contributed by atoms with Gasteiger partial charge in [-0.25, -0.2) is 12.8 Å². The van der Waals surface area contributed by atoms with Crippen molar-refractivity contribution in [3.05, 3.63) is 66.0 Å². The molecule has 24 heavy (non-hydrogen) atoms. The van der Waals surface area contributed by atoms with Gasteiger partial charge < -0.3 is 10.5 Å². The van der Waals surface area contributed by atoms with Gasteiger partial charge in [-0.15, -0.1) is 0 Å². The number of sulfone groups is 1. The van der Waals surface area contributed by atoms with Crippen LogP contribution in [0.15, 0.2) is 59.5 Å². The summed E-state index contributed by atoms with van der Waals surface area (Å²) >= 11 is 0. The second kappa shape index (κ2) is 6.27. The van der Waals surface area contributed by atoms with Crippen molar-refractivity contribution in [1.29, 1.82) is 0 Å². The van der Waals surface area contributed by atoms with E-state index in [1.54, 1.807) is 42.5 Å². The van der Waals surface area contributed by atoms with Gasteiger partial charge in [0.1, 0.15) is 5.82 Å². The van der Waals surface area contributed by atoms with Gasteiger partial charge in [0.05, 0.1) is 16.8 Å². The fraction of sp³-hybridized carbons (Fsp3) is 0.333. The van der Waals surface area contributed by atoms with Gasteiger partial charge in [-0.05, 0) is 29.8 Å². The molecule has 1 aliphatic carbocycles. The van der Waals surface area contributed by atoms with E-state index >= 15 is 0 Å². The lowest BCUT2D eigenvalue weighted by atomic mass is 10.00. The first-order valence-electron chi connectivity index (χ1n) is 7.71. The van der Waals surface area contributed by atoms with E-state index in [4.69, 9.17) is 10.5 Å². The van der Waals surface area contributed by atoms with Gasteiger partial charge in [0.15, 0.2) is 9.84 Å². The molecule has 3 atom stereocenters. The molecule has 128 valence electrons. The Labute approximate surface area is 141 Å². The molecule has 2 aromatic rings. The number of hydrogen-bond acceptors (Lipinski definition) is 4. The molecule has 2 aromatic carbocycles. The van der Waals surface area contributed by atoms with Crippen LogP contribution in [0.5, 0.6) is 0 Å². The topological polar surface area (TPSA) is 69.4 Å². The third kappa shape index (κ3) is 2.64. The molecule has 1 saturated carbocycles. The zero-order chi connectivity index (χ0) is 17.4. The van der Waals surface area contributed by atoms with Crippen molar-refractivity contribution in [3.63, 3.8) is 0 Å². The minimum absolute atomic E-state index is 0.152. The minimum Gasteiger partial charge on any atom is -0.384 e. The average molecular weight is 349 g/mol. The number of nitrogens with two attached hydrogens (primary N) is 1. The molecule has 3 rings (SSSR count). The number of methoxy groups -OCH3 is 1. The fourth-order valence-electron chi connectivity index (χ4n) is 3.65. The van der Waals surface area contributed by atoms with Gasteiger partial charge in [0.25, 0.3) is 0 Å². The monoisotopic (exact) mass is 349 g/mol. The van der Waals surface area contributed by atoms with Crippen molar-refractivity contribution in [1.82, 2.24) is 0 Å². The van der Waals surface area contributed by atoms with Gasteiger partial charge in [-0.3, -0.25) is 0 Å². The van der Waals surface area contributed by atoms with Gasteiger partial charge >= 0.3 is 0 Å². The van der Waals surface area contributed by atoms with Crippen molar-refractivity contribution in [2.24, 2.45) is 11.1 Å². The second-order valence-corrected chi connectivity index (χ2v) is 8.25. The summed E-state index contributed by atoms with van der Waals surface area (Å²) in [4.78, 5) is 0.253. The van der Waals surface area contributed by atoms with E-state index in [9.17, 15) is 12.8 Å². The molecule has 0 aromatic heterocycles. The van der Waals surface area contributed by atoms with Crippen LogP contribution in [0, 0.1) is 11.2 Å². The van der Waals surface area contributed by atoms with Crippen LogP contribution >= 0.6 is 0 Å². The molecular formula is C18H20FNO3S. The van der Waals surface area contributed by atoms with Crippen LogP contribution in [0.25, 0.3) is 0 Å². The fourth-order valence-corrected chi connectivity index (χ4v) is 6.11. The Hall–Kier alpha value is -1.76. The molecule has 1 aliphatic rings. The maximum atomic E-state index is 13.6. The highest BCUT2D eigenvalue weighted by atomic mass is 32.2. The van der Waals surface area contributed by atoms with E-state index in [1.807, 2.05) is 0 Å². The Balaban J connectivity index is 2.07. The predicted molar refractivity (Wildman–Crippen MR) is 89.9 cm³/mol. The lowest BCUT2D eigenvalue weighted by molar-refractivity contribution is 0.142. The van der Waals surface area contributed by atoms with E-state index < -0.39 is 26.3 Å². The maximum Gasteiger partial charge on any atom is 0.182 e. The number of ether oxygens (including phenoxy) is 1. The summed E-state index contributed by atoms with van der Waals surface area (Å²) < 4.78 is 45.1. The summed E-state index contributed by atoms with van der Waals surface area (Å²) in [6.45, 7) is 0.361. The quantitative estimate of drug-likeness (QED) is 0.869. The van der Waals surface area contributed by atoms with Crippen LogP contribution < -0.4 is 5.73 Å². The number of benzene rings is 2. The highest BCUT2D eigenvalue weighted by Gasteiger charge is 2.70. The van der Waals surface area contributed by atoms with Crippen molar-refractivity contribution in [2.75, 3.05) is 20.3 Å². The van der Waals surface area contributed by atoms with E-state index in [0.29, 0.717) is 5.56 Å². The maximum absolute atomic E-state index is 13.6. The van der Waals surface area contributed by atoms with Crippen LogP contribution in [-0.4, -0.2) is 33.9 Å². The van der Waals surface area contributed by atoms with E-state index in [0.717, 1.165) is 0 Å². The first kappa shape index (κ1) is 17.1. The predicted octanol–water partition coefficient (Wildman–Crippen LogP) is 2.36. The molecule has 4 nitrogen and oxygen atoms in total. The molecule has 0 spiro atoms. The SMILES string of the molecule is COC[C@@]1(CN)[C@H](S(=O)(=O)c2ccccc2)[C@@H]1c1cccc(F)c1. The van der Waals surface area contributed by atoms with Crippen LogP contribution in [0.1, 0.15) is 11.5 Å². The summed E-state index contributed by atoms with van der Waals surface area (Å²) in [5.74, 6) is -0.776. The largest absolute Gasteiger partial charge is 0.384 e. The van der Waals surface area contributed by atoms with Gasteiger partial charge in [0, 0.05) is 25.0 Å². The van der Waals surface area contributed by atoms with Crippen LogP contribution in [0.4, 0.5) is 4.39 Å². The van der Waals surface area contributed by atoms with E-state index in [2.05, 4.69) is 0 Å². The van der Waals surface area contributed by atoms with Crippen molar-refractivity contribution in [2.45, 2.75) is 16.1 Å². The average Bonchev–Trinajstić information content (AvgIpc) is 3.26. The van der Waals surface area contributed by atoms with Gasteiger partial charge in [0.2, 0.25) is 0 Å².